The van der Waals surface area contributed by atoms with Crippen LogP contribution in [0.2, 0.25) is 0 Å². The molecule has 2 aliphatic rings. The number of fused-ring (bicyclic) bond motifs is 1. The normalized spacial score (nSPS) is 22.4. The zero-order chi connectivity index (χ0) is 27.2. The van der Waals surface area contributed by atoms with Crippen LogP contribution in [-0.2, 0) is 12.0 Å². The van der Waals surface area contributed by atoms with Gasteiger partial charge in [0.1, 0.15) is 11.6 Å². The fraction of sp³-hybridized carbons (Fsp3) is 0.448. The summed E-state index contributed by atoms with van der Waals surface area (Å²) < 4.78 is 11.5. The van der Waals surface area contributed by atoms with E-state index in [1.807, 2.05) is 52.8 Å². The van der Waals surface area contributed by atoms with Crippen LogP contribution in [0.3, 0.4) is 0 Å². The number of benzene rings is 1. The van der Waals surface area contributed by atoms with Crippen LogP contribution in [-0.4, -0.2) is 25.5 Å². The van der Waals surface area contributed by atoms with E-state index in [2.05, 4.69) is 38.3 Å². The molecule has 1 aliphatic heterocycles. The van der Waals surface area contributed by atoms with Gasteiger partial charge in [-0.25, -0.2) is 0 Å². The number of nitriles is 1. The molecule has 1 fully saturated rings. The molecule has 0 radical (unpaired) electrons. The number of hydrogen-bond acceptors (Lipinski definition) is 8. The van der Waals surface area contributed by atoms with Crippen LogP contribution in [0.25, 0.3) is 0 Å². The van der Waals surface area contributed by atoms with E-state index in [9.17, 15) is 10.4 Å². The lowest BCUT2D eigenvalue weighted by atomic mass is 9.61. The SMILES string of the molecule is Cc1[nH]nc2c1C(c1cc(C#CC3CC(c4nnc(C(C)C)o4)C3)cc(CO)c1)(C(C)C)C(C#N)=C(N)O2. The van der Waals surface area contributed by atoms with E-state index in [0.717, 1.165) is 35.2 Å². The molecule has 1 saturated carbocycles. The Balaban J connectivity index is 1.51. The minimum absolute atomic E-state index is 0.0318. The van der Waals surface area contributed by atoms with Crippen LogP contribution in [0, 0.1) is 41.9 Å². The average Bonchev–Trinajstić information content (AvgIpc) is 3.49. The quantitative estimate of drug-likeness (QED) is 0.429. The summed E-state index contributed by atoms with van der Waals surface area (Å²) >= 11 is 0. The summed E-state index contributed by atoms with van der Waals surface area (Å²) in [6, 6.07) is 8.09. The van der Waals surface area contributed by atoms with Gasteiger partial charge in [-0.15, -0.1) is 15.3 Å². The first kappa shape index (κ1) is 25.6. The van der Waals surface area contributed by atoms with Crippen molar-refractivity contribution < 1.29 is 14.3 Å². The number of ether oxygens (including phenoxy) is 1. The number of H-pyrrole nitrogens is 1. The first-order valence-electron chi connectivity index (χ1n) is 12.9. The highest BCUT2D eigenvalue weighted by Gasteiger charge is 2.50. The number of aromatic amines is 1. The molecule has 1 atom stereocenters. The Morgan fingerprint density at radius 3 is 2.61 bits per heavy atom. The summed E-state index contributed by atoms with van der Waals surface area (Å²) in [7, 11) is 0. The summed E-state index contributed by atoms with van der Waals surface area (Å²) in [4.78, 5) is 0. The van der Waals surface area contributed by atoms with Crippen LogP contribution < -0.4 is 10.5 Å². The highest BCUT2D eigenvalue weighted by atomic mass is 16.5. The van der Waals surface area contributed by atoms with Crippen molar-refractivity contribution in [1.82, 2.24) is 20.4 Å². The number of aryl methyl sites for hydroxylation is 1. The molecule has 3 heterocycles. The number of aliphatic hydroxyl groups excluding tert-OH is 1. The molecular weight excluding hydrogens is 480 g/mol. The fourth-order valence-corrected chi connectivity index (χ4v) is 5.61. The standard InChI is InChI=1S/C29H32N6O3/c1-15(2)26-33-34-27(38-26)21-9-19(10-21)7-6-18-8-20(14-36)12-22(11-18)29(16(3)4)23(13-30)25(31)37-28-24(29)17(5)32-35-28/h8,11-12,15-16,19,21,36H,9-10,14,31H2,1-5H3,(H,32,35). The number of aliphatic hydroxyl groups is 1. The second-order valence-corrected chi connectivity index (χ2v) is 10.8. The highest BCUT2D eigenvalue weighted by Crippen LogP contribution is 2.52. The lowest BCUT2D eigenvalue weighted by molar-refractivity contribution is 0.272. The number of rotatable bonds is 5. The number of nitrogens with zero attached hydrogens (tertiary/aromatic N) is 4. The summed E-state index contributed by atoms with van der Waals surface area (Å²) in [6.07, 6.45) is 1.73. The predicted octanol–water partition coefficient (Wildman–Crippen LogP) is 4.29. The van der Waals surface area contributed by atoms with Gasteiger partial charge in [0, 0.05) is 29.0 Å². The minimum atomic E-state index is -0.918. The van der Waals surface area contributed by atoms with Crippen LogP contribution in [0.5, 0.6) is 5.88 Å². The molecule has 0 saturated heterocycles. The molecule has 1 aromatic carbocycles. The van der Waals surface area contributed by atoms with E-state index < -0.39 is 5.41 Å². The van der Waals surface area contributed by atoms with E-state index in [4.69, 9.17) is 14.9 Å². The molecule has 0 spiro atoms. The average molecular weight is 513 g/mol. The molecule has 4 N–H and O–H groups in total. The van der Waals surface area contributed by atoms with Gasteiger partial charge in [0.15, 0.2) is 0 Å². The molecule has 1 unspecified atom stereocenters. The van der Waals surface area contributed by atoms with Crippen LogP contribution in [0.4, 0.5) is 0 Å². The zero-order valence-electron chi connectivity index (χ0n) is 22.3. The summed E-state index contributed by atoms with van der Waals surface area (Å²) in [6.45, 7) is 9.89. The molecule has 0 amide bonds. The van der Waals surface area contributed by atoms with Crippen molar-refractivity contribution in [3.05, 3.63) is 69.4 Å². The van der Waals surface area contributed by atoms with E-state index in [1.54, 1.807) is 0 Å². The summed E-state index contributed by atoms with van der Waals surface area (Å²) in [5.74, 6) is 9.01. The van der Waals surface area contributed by atoms with E-state index >= 15 is 0 Å². The lowest BCUT2D eigenvalue weighted by Crippen LogP contribution is -2.41. The lowest BCUT2D eigenvalue weighted by Gasteiger charge is -2.41. The second-order valence-electron chi connectivity index (χ2n) is 10.8. The largest absolute Gasteiger partial charge is 0.425 e. The highest BCUT2D eigenvalue weighted by molar-refractivity contribution is 5.63. The summed E-state index contributed by atoms with van der Waals surface area (Å²) in [5, 5.41) is 36.0. The zero-order valence-corrected chi connectivity index (χ0v) is 22.3. The molecular formula is C29H32N6O3. The fourth-order valence-electron chi connectivity index (χ4n) is 5.61. The van der Waals surface area contributed by atoms with Crippen molar-refractivity contribution in [1.29, 1.82) is 5.26 Å². The molecule has 2 aromatic heterocycles. The number of allylic oxidation sites excluding steroid dienone is 1. The summed E-state index contributed by atoms with van der Waals surface area (Å²) in [5.41, 5.74) is 9.51. The van der Waals surface area contributed by atoms with Crippen LogP contribution in [0.15, 0.2) is 34.1 Å². The van der Waals surface area contributed by atoms with Crippen molar-refractivity contribution in [3.63, 3.8) is 0 Å². The van der Waals surface area contributed by atoms with E-state index in [1.165, 1.54) is 0 Å². The smallest absolute Gasteiger partial charge is 0.244 e. The van der Waals surface area contributed by atoms with Gasteiger partial charge in [-0.3, -0.25) is 5.10 Å². The van der Waals surface area contributed by atoms with E-state index in [0.29, 0.717) is 28.8 Å². The molecule has 1 aliphatic carbocycles. The number of nitrogens with one attached hydrogen (secondary N) is 1. The van der Waals surface area contributed by atoms with Gasteiger partial charge in [-0.05, 0) is 48.9 Å². The van der Waals surface area contributed by atoms with Gasteiger partial charge < -0.3 is 20.0 Å². The number of aromatic nitrogens is 4. The molecule has 196 valence electrons. The Kier molecular flexibility index (Phi) is 6.50. The first-order chi connectivity index (χ1) is 18.2. The third-order valence-electron chi connectivity index (χ3n) is 7.62. The van der Waals surface area contributed by atoms with Crippen molar-refractivity contribution in [2.75, 3.05) is 0 Å². The van der Waals surface area contributed by atoms with Gasteiger partial charge in [0.2, 0.25) is 23.5 Å². The van der Waals surface area contributed by atoms with Gasteiger partial charge in [0.05, 0.1) is 17.6 Å². The monoisotopic (exact) mass is 512 g/mol. The van der Waals surface area contributed by atoms with Crippen molar-refractivity contribution >= 4 is 0 Å². The molecule has 5 rings (SSSR count). The third kappa shape index (κ3) is 4.04. The maximum Gasteiger partial charge on any atom is 0.244 e. The Hall–Kier alpha value is -4.08. The number of nitrogens with two attached hydrogens (primary N) is 1. The molecule has 38 heavy (non-hydrogen) atoms. The maximum atomic E-state index is 10.2. The predicted molar refractivity (Wildman–Crippen MR) is 139 cm³/mol. The Morgan fingerprint density at radius 1 is 1.21 bits per heavy atom. The van der Waals surface area contributed by atoms with Gasteiger partial charge in [-0.1, -0.05) is 45.6 Å². The number of hydrogen-bond donors (Lipinski definition) is 3. The van der Waals surface area contributed by atoms with Crippen LogP contribution >= 0.6 is 0 Å². The molecule has 9 heteroatoms. The van der Waals surface area contributed by atoms with Crippen molar-refractivity contribution in [3.8, 4) is 23.8 Å². The molecule has 9 nitrogen and oxygen atoms in total. The van der Waals surface area contributed by atoms with Gasteiger partial charge in [-0.2, -0.15) is 5.26 Å². The van der Waals surface area contributed by atoms with Gasteiger partial charge in [0.25, 0.3) is 0 Å². The second kappa shape index (κ2) is 9.66. The Labute approximate surface area is 222 Å². The first-order valence-corrected chi connectivity index (χ1v) is 12.9. The Bertz CT molecular complexity index is 1510. The topological polar surface area (TPSA) is 147 Å². The maximum absolute atomic E-state index is 10.2. The van der Waals surface area contributed by atoms with Crippen molar-refractivity contribution in [2.45, 2.75) is 71.3 Å². The van der Waals surface area contributed by atoms with Crippen LogP contribution in [0.1, 0.15) is 92.1 Å². The van der Waals surface area contributed by atoms with Crippen molar-refractivity contribution in [2.24, 2.45) is 17.6 Å². The molecule has 0 bridgehead atoms. The third-order valence-corrected chi connectivity index (χ3v) is 7.62. The molecule has 3 aromatic rings. The van der Waals surface area contributed by atoms with E-state index in [-0.39, 0.29) is 36.2 Å². The minimum Gasteiger partial charge on any atom is -0.425 e. The Morgan fingerprint density at radius 2 is 1.97 bits per heavy atom. The van der Waals surface area contributed by atoms with Gasteiger partial charge >= 0.3 is 0 Å².